The Morgan fingerprint density at radius 1 is 1.00 bits per heavy atom. The number of rotatable bonds is 4. The van der Waals surface area contributed by atoms with Crippen LogP contribution in [0.5, 0.6) is 0 Å². The minimum Gasteiger partial charge on any atom is -0.354 e. The summed E-state index contributed by atoms with van der Waals surface area (Å²) in [7, 11) is 0. The van der Waals surface area contributed by atoms with Crippen LogP contribution in [0.25, 0.3) is 11.3 Å². The molecule has 30 heavy (non-hydrogen) atoms. The lowest BCUT2D eigenvalue weighted by Crippen LogP contribution is -2.41. The highest BCUT2D eigenvalue weighted by atomic mass is 16.1. The molecule has 1 aliphatic rings. The molecule has 4 rings (SSSR count). The van der Waals surface area contributed by atoms with Gasteiger partial charge < -0.3 is 10.2 Å². The first-order chi connectivity index (χ1) is 14.5. The lowest BCUT2D eigenvalue weighted by Gasteiger charge is -2.32. The van der Waals surface area contributed by atoms with E-state index in [2.05, 4.69) is 52.5 Å². The van der Waals surface area contributed by atoms with Crippen molar-refractivity contribution in [1.82, 2.24) is 10.2 Å². The number of carbonyl (C=O) groups is 1. The van der Waals surface area contributed by atoms with Crippen LogP contribution in [0, 0.1) is 26.7 Å². The Hall–Kier alpha value is -3.21. The number of amides is 1. The zero-order valence-electron chi connectivity index (χ0n) is 17.9. The normalized spacial score (nSPS) is 16.4. The smallest absolute Gasteiger partial charge is 0.229 e. The maximum atomic E-state index is 12.9. The van der Waals surface area contributed by atoms with E-state index < -0.39 is 0 Å². The molecule has 0 spiro atoms. The van der Waals surface area contributed by atoms with E-state index in [0.717, 1.165) is 47.7 Å². The van der Waals surface area contributed by atoms with Gasteiger partial charge in [0.2, 0.25) is 5.91 Å². The number of hydrogen-bond donors (Lipinski definition) is 1. The van der Waals surface area contributed by atoms with Crippen molar-refractivity contribution < 1.29 is 4.79 Å². The number of hydrogen-bond acceptors (Lipinski definition) is 4. The lowest BCUT2D eigenvalue weighted by atomic mass is 9.96. The number of piperidine rings is 1. The van der Waals surface area contributed by atoms with Crippen LogP contribution in [0.2, 0.25) is 0 Å². The molecule has 2 aromatic carbocycles. The second-order valence-corrected chi connectivity index (χ2v) is 8.18. The monoisotopic (exact) mass is 400 g/mol. The molecule has 1 N–H and O–H groups in total. The molecule has 1 aliphatic heterocycles. The van der Waals surface area contributed by atoms with Crippen LogP contribution >= 0.6 is 0 Å². The van der Waals surface area contributed by atoms with Gasteiger partial charge >= 0.3 is 0 Å². The number of nitrogens with zero attached hydrogens (tertiary/aromatic N) is 3. The molecule has 0 radical (unpaired) electrons. The van der Waals surface area contributed by atoms with Crippen molar-refractivity contribution >= 4 is 17.4 Å². The van der Waals surface area contributed by atoms with Crippen LogP contribution in [-0.2, 0) is 4.79 Å². The highest BCUT2D eigenvalue weighted by molar-refractivity contribution is 5.93. The zero-order valence-corrected chi connectivity index (χ0v) is 17.9. The van der Waals surface area contributed by atoms with E-state index in [4.69, 9.17) is 0 Å². The van der Waals surface area contributed by atoms with Gasteiger partial charge in [0.05, 0.1) is 11.6 Å². The second kappa shape index (κ2) is 8.66. The first-order valence-electron chi connectivity index (χ1n) is 10.5. The fourth-order valence-corrected chi connectivity index (χ4v) is 4.09. The third-order valence-electron chi connectivity index (χ3n) is 5.83. The second-order valence-electron chi connectivity index (χ2n) is 8.18. The van der Waals surface area contributed by atoms with Gasteiger partial charge in [-0.1, -0.05) is 42.0 Å². The van der Waals surface area contributed by atoms with E-state index in [-0.39, 0.29) is 11.8 Å². The Balaban J connectivity index is 1.44. The van der Waals surface area contributed by atoms with Gasteiger partial charge in [0.15, 0.2) is 5.82 Å². The first kappa shape index (κ1) is 20.1. The van der Waals surface area contributed by atoms with Gasteiger partial charge in [-0.25, -0.2) is 0 Å². The largest absolute Gasteiger partial charge is 0.354 e. The molecule has 1 aromatic heterocycles. The Kier molecular flexibility index (Phi) is 5.79. The van der Waals surface area contributed by atoms with Crippen LogP contribution < -0.4 is 10.2 Å². The standard InChI is InChI=1S/C25H28N4O/c1-17-10-11-22(19(3)15-17)26-25(30)20-8-6-14-29(16-20)24-13-12-23(27-28-24)21-9-5-4-7-18(21)2/h4-5,7,9-13,15,20H,6,8,14,16H2,1-3H3,(H,26,30). The number of aromatic nitrogens is 2. The van der Waals surface area contributed by atoms with Gasteiger partial charge in [-0.2, -0.15) is 0 Å². The molecular formula is C25H28N4O. The van der Waals surface area contributed by atoms with E-state index in [1.165, 1.54) is 11.1 Å². The molecule has 1 saturated heterocycles. The minimum atomic E-state index is -0.0581. The molecule has 1 atom stereocenters. The Labute approximate surface area is 178 Å². The molecule has 0 bridgehead atoms. The maximum Gasteiger partial charge on any atom is 0.229 e. The van der Waals surface area contributed by atoms with Crippen LogP contribution in [0.3, 0.4) is 0 Å². The Morgan fingerprint density at radius 3 is 2.57 bits per heavy atom. The van der Waals surface area contributed by atoms with E-state index in [1.807, 2.05) is 43.3 Å². The number of anilines is 2. The number of nitrogens with one attached hydrogen (secondary N) is 1. The predicted molar refractivity (Wildman–Crippen MR) is 122 cm³/mol. The van der Waals surface area contributed by atoms with Crippen molar-refractivity contribution in [2.75, 3.05) is 23.3 Å². The lowest BCUT2D eigenvalue weighted by molar-refractivity contribution is -0.120. The van der Waals surface area contributed by atoms with Crippen LogP contribution in [-0.4, -0.2) is 29.2 Å². The van der Waals surface area contributed by atoms with Gasteiger partial charge in [-0.15, -0.1) is 10.2 Å². The fourth-order valence-electron chi connectivity index (χ4n) is 4.09. The molecule has 1 fully saturated rings. The summed E-state index contributed by atoms with van der Waals surface area (Å²) in [6.07, 6.45) is 1.86. The molecule has 1 unspecified atom stereocenters. The quantitative estimate of drug-likeness (QED) is 0.675. The summed E-state index contributed by atoms with van der Waals surface area (Å²) in [6, 6.07) is 18.3. The van der Waals surface area contributed by atoms with Gasteiger partial charge in [-0.05, 0) is 62.9 Å². The number of benzene rings is 2. The third-order valence-corrected chi connectivity index (χ3v) is 5.83. The van der Waals surface area contributed by atoms with E-state index in [0.29, 0.717) is 6.54 Å². The molecule has 154 valence electrons. The van der Waals surface area contributed by atoms with Gasteiger partial charge in [0.25, 0.3) is 0 Å². The van der Waals surface area contributed by atoms with Crippen molar-refractivity contribution in [3.8, 4) is 11.3 Å². The summed E-state index contributed by atoms with van der Waals surface area (Å²) in [5.74, 6) is 0.852. The van der Waals surface area contributed by atoms with Crippen molar-refractivity contribution in [2.24, 2.45) is 5.92 Å². The SMILES string of the molecule is Cc1ccc(NC(=O)C2CCCN(c3ccc(-c4ccccc4C)nn3)C2)c(C)c1. The van der Waals surface area contributed by atoms with Crippen LogP contribution in [0.4, 0.5) is 11.5 Å². The van der Waals surface area contributed by atoms with E-state index >= 15 is 0 Å². The highest BCUT2D eigenvalue weighted by Crippen LogP contribution is 2.26. The summed E-state index contributed by atoms with van der Waals surface area (Å²) >= 11 is 0. The van der Waals surface area contributed by atoms with Gasteiger partial charge in [0, 0.05) is 24.3 Å². The molecule has 2 heterocycles. The molecule has 0 saturated carbocycles. The number of aryl methyl sites for hydroxylation is 3. The minimum absolute atomic E-state index is 0.0581. The van der Waals surface area contributed by atoms with Crippen LogP contribution in [0.15, 0.2) is 54.6 Å². The summed E-state index contributed by atoms with van der Waals surface area (Å²) in [5.41, 5.74) is 6.33. The maximum absolute atomic E-state index is 12.9. The van der Waals surface area contributed by atoms with E-state index in [1.54, 1.807) is 0 Å². The van der Waals surface area contributed by atoms with Crippen molar-refractivity contribution in [3.05, 3.63) is 71.3 Å². The average Bonchev–Trinajstić information content (AvgIpc) is 2.76. The van der Waals surface area contributed by atoms with Gasteiger partial charge in [0.1, 0.15) is 0 Å². The van der Waals surface area contributed by atoms with Crippen molar-refractivity contribution in [3.63, 3.8) is 0 Å². The molecule has 5 nitrogen and oxygen atoms in total. The Morgan fingerprint density at radius 2 is 1.83 bits per heavy atom. The van der Waals surface area contributed by atoms with Crippen LogP contribution in [0.1, 0.15) is 29.5 Å². The van der Waals surface area contributed by atoms with Gasteiger partial charge in [-0.3, -0.25) is 4.79 Å². The molecule has 3 aromatic rings. The summed E-state index contributed by atoms with van der Waals surface area (Å²) < 4.78 is 0. The molecule has 0 aliphatic carbocycles. The molecule has 1 amide bonds. The summed E-state index contributed by atoms with van der Waals surface area (Å²) in [5, 5.41) is 12.0. The highest BCUT2D eigenvalue weighted by Gasteiger charge is 2.27. The average molecular weight is 401 g/mol. The Bertz CT molecular complexity index is 1050. The van der Waals surface area contributed by atoms with Crippen molar-refractivity contribution in [1.29, 1.82) is 0 Å². The summed E-state index contributed by atoms with van der Waals surface area (Å²) in [6.45, 7) is 7.72. The summed E-state index contributed by atoms with van der Waals surface area (Å²) in [4.78, 5) is 15.1. The zero-order chi connectivity index (χ0) is 21.1. The number of carbonyl (C=O) groups excluding carboxylic acids is 1. The predicted octanol–water partition coefficient (Wildman–Crippen LogP) is 4.92. The van der Waals surface area contributed by atoms with Crippen molar-refractivity contribution in [2.45, 2.75) is 33.6 Å². The fraction of sp³-hybridized carbons (Fsp3) is 0.320. The molecular weight excluding hydrogens is 372 g/mol. The topological polar surface area (TPSA) is 58.1 Å². The molecule has 5 heteroatoms. The van der Waals surface area contributed by atoms with E-state index in [9.17, 15) is 4.79 Å². The third kappa shape index (κ3) is 4.35. The first-order valence-corrected chi connectivity index (χ1v) is 10.5.